The van der Waals surface area contributed by atoms with Crippen LogP contribution in [0.15, 0.2) is 16.6 Å². The summed E-state index contributed by atoms with van der Waals surface area (Å²) in [4.78, 5) is 11.3. The molecule has 3 nitrogen and oxygen atoms in total. The lowest BCUT2D eigenvalue weighted by Gasteiger charge is -2.04. The highest BCUT2D eigenvalue weighted by Gasteiger charge is 2.16. The van der Waals surface area contributed by atoms with Crippen molar-refractivity contribution in [1.29, 1.82) is 5.26 Å². The predicted molar refractivity (Wildman–Crippen MR) is 54.8 cm³/mol. The number of carbonyl (C=O) groups excluding carboxylic acids is 1. The zero-order chi connectivity index (χ0) is 11.4. The molecule has 0 N–H and O–H groups in total. The van der Waals surface area contributed by atoms with E-state index >= 15 is 0 Å². The van der Waals surface area contributed by atoms with E-state index in [0.717, 1.165) is 6.07 Å². The van der Waals surface area contributed by atoms with Gasteiger partial charge in [-0.3, -0.25) is 0 Å². The summed E-state index contributed by atoms with van der Waals surface area (Å²) >= 11 is 2.92. The first-order chi connectivity index (χ1) is 7.10. The first kappa shape index (κ1) is 11.7. The van der Waals surface area contributed by atoms with Crippen molar-refractivity contribution in [2.45, 2.75) is 6.92 Å². The zero-order valence-corrected chi connectivity index (χ0v) is 9.47. The Labute approximate surface area is 94.6 Å². The van der Waals surface area contributed by atoms with Crippen molar-refractivity contribution < 1.29 is 13.9 Å². The van der Waals surface area contributed by atoms with Crippen LogP contribution in [-0.2, 0) is 4.74 Å². The Morgan fingerprint density at radius 2 is 2.33 bits per heavy atom. The number of halogens is 2. The van der Waals surface area contributed by atoms with Crippen molar-refractivity contribution >= 4 is 21.9 Å². The Hall–Kier alpha value is -1.41. The fraction of sp³-hybridized carbons (Fsp3) is 0.200. The van der Waals surface area contributed by atoms with Crippen molar-refractivity contribution in [1.82, 2.24) is 0 Å². The molecular formula is C10H7BrFNO2. The van der Waals surface area contributed by atoms with Crippen molar-refractivity contribution in [3.05, 3.63) is 33.5 Å². The summed E-state index contributed by atoms with van der Waals surface area (Å²) in [6, 6.07) is 4.30. The molecule has 1 aromatic rings. The Bertz CT molecular complexity index is 440. The maximum Gasteiger partial charge on any atom is 0.341 e. The number of nitriles is 1. The number of ether oxygens (including phenoxy) is 1. The van der Waals surface area contributed by atoms with E-state index in [1.807, 2.05) is 6.07 Å². The third-order valence-electron chi connectivity index (χ3n) is 1.65. The fourth-order valence-corrected chi connectivity index (χ4v) is 1.47. The van der Waals surface area contributed by atoms with E-state index in [4.69, 9.17) is 5.26 Å². The molecule has 78 valence electrons. The van der Waals surface area contributed by atoms with Gasteiger partial charge in [-0.2, -0.15) is 5.26 Å². The van der Waals surface area contributed by atoms with Gasteiger partial charge in [0.2, 0.25) is 0 Å². The molecule has 0 aromatic heterocycles. The maximum absolute atomic E-state index is 13.4. The van der Waals surface area contributed by atoms with Gasteiger partial charge in [-0.25, -0.2) is 9.18 Å². The van der Waals surface area contributed by atoms with E-state index < -0.39 is 11.8 Å². The highest BCUT2D eigenvalue weighted by Crippen LogP contribution is 2.21. The lowest BCUT2D eigenvalue weighted by Crippen LogP contribution is -2.08. The topological polar surface area (TPSA) is 50.1 Å². The van der Waals surface area contributed by atoms with Gasteiger partial charge in [0, 0.05) is 0 Å². The minimum absolute atomic E-state index is 0.0737. The van der Waals surface area contributed by atoms with Crippen LogP contribution in [0.25, 0.3) is 0 Å². The second kappa shape index (κ2) is 4.89. The highest BCUT2D eigenvalue weighted by atomic mass is 79.9. The van der Waals surface area contributed by atoms with Crippen LogP contribution in [0.4, 0.5) is 4.39 Å². The molecule has 0 heterocycles. The predicted octanol–water partition coefficient (Wildman–Crippen LogP) is 2.64. The van der Waals surface area contributed by atoms with E-state index in [1.165, 1.54) is 6.07 Å². The molecule has 15 heavy (non-hydrogen) atoms. The molecule has 0 fully saturated rings. The van der Waals surface area contributed by atoms with E-state index in [-0.39, 0.29) is 22.2 Å². The van der Waals surface area contributed by atoms with Gasteiger partial charge in [0.25, 0.3) is 0 Å². The molecule has 0 aliphatic rings. The van der Waals surface area contributed by atoms with Gasteiger partial charge < -0.3 is 4.74 Å². The fourth-order valence-electron chi connectivity index (χ4n) is 1.01. The summed E-state index contributed by atoms with van der Waals surface area (Å²) in [5.74, 6) is -1.49. The number of carbonyl (C=O) groups is 1. The summed E-state index contributed by atoms with van der Waals surface area (Å²) in [6.07, 6.45) is 0. The molecule has 0 bridgehead atoms. The van der Waals surface area contributed by atoms with Crippen LogP contribution in [0, 0.1) is 17.1 Å². The highest BCUT2D eigenvalue weighted by molar-refractivity contribution is 9.10. The number of rotatable bonds is 2. The van der Waals surface area contributed by atoms with Crippen LogP contribution in [-0.4, -0.2) is 12.6 Å². The van der Waals surface area contributed by atoms with Crippen molar-refractivity contribution in [3.63, 3.8) is 0 Å². The number of esters is 1. The molecule has 1 rings (SSSR count). The third kappa shape index (κ3) is 2.54. The maximum atomic E-state index is 13.4. The molecule has 0 atom stereocenters. The van der Waals surface area contributed by atoms with Gasteiger partial charge >= 0.3 is 5.97 Å². The molecule has 0 saturated heterocycles. The summed E-state index contributed by atoms with van der Waals surface area (Å²) < 4.78 is 18.2. The Kier molecular flexibility index (Phi) is 3.81. The number of hydrogen-bond acceptors (Lipinski definition) is 3. The first-order valence-electron chi connectivity index (χ1n) is 4.16. The number of hydrogen-bond donors (Lipinski definition) is 0. The second-order valence-corrected chi connectivity index (χ2v) is 3.51. The van der Waals surface area contributed by atoms with E-state index in [0.29, 0.717) is 0 Å². The van der Waals surface area contributed by atoms with Gasteiger partial charge in [-0.05, 0) is 35.0 Å². The van der Waals surface area contributed by atoms with Crippen LogP contribution >= 0.6 is 15.9 Å². The van der Waals surface area contributed by atoms with Crippen molar-refractivity contribution in [2.75, 3.05) is 6.61 Å². The van der Waals surface area contributed by atoms with Gasteiger partial charge in [-0.15, -0.1) is 0 Å². The van der Waals surface area contributed by atoms with Crippen LogP contribution in [0.2, 0.25) is 0 Å². The van der Waals surface area contributed by atoms with Gasteiger partial charge in [-0.1, -0.05) is 0 Å². The largest absolute Gasteiger partial charge is 0.462 e. The summed E-state index contributed by atoms with van der Waals surface area (Å²) in [5, 5.41) is 8.64. The van der Waals surface area contributed by atoms with Crippen LogP contribution in [0.1, 0.15) is 22.8 Å². The van der Waals surface area contributed by atoms with Crippen LogP contribution in [0.5, 0.6) is 0 Å². The molecule has 1 aromatic carbocycles. The average molecular weight is 272 g/mol. The lowest BCUT2D eigenvalue weighted by atomic mass is 10.1. The Morgan fingerprint density at radius 1 is 1.67 bits per heavy atom. The SMILES string of the molecule is CCOC(=O)c1cc(C#N)cc(Br)c1F. The van der Waals surface area contributed by atoms with Gasteiger partial charge in [0.05, 0.1) is 28.3 Å². The standard InChI is InChI=1S/C10H7BrFNO2/c1-2-15-10(14)7-3-6(5-13)4-8(11)9(7)12/h3-4H,2H2,1H3. The van der Waals surface area contributed by atoms with Crippen molar-refractivity contribution in [3.8, 4) is 6.07 Å². The second-order valence-electron chi connectivity index (χ2n) is 2.65. The number of benzene rings is 1. The summed E-state index contributed by atoms with van der Waals surface area (Å²) in [6.45, 7) is 1.78. The summed E-state index contributed by atoms with van der Waals surface area (Å²) in [5.41, 5.74) is -0.0332. The molecule has 0 aliphatic heterocycles. The smallest absolute Gasteiger partial charge is 0.341 e. The number of nitrogens with zero attached hydrogens (tertiary/aromatic N) is 1. The Balaban J connectivity index is 3.23. The minimum Gasteiger partial charge on any atom is -0.462 e. The molecular weight excluding hydrogens is 265 g/mol. The quantitative estimate of drug-likeness (QED) is 0.777. The molecule has 0 aliphatic carbocycles. The zero-order valence-electron chi connectivity index (χ0n) is 7.88. The molecule has 0 radical (unpaired) electrons. The molecule has 0 amide bonds. The van der Waals surface area contributed by atoms with Crippen molar-refractivity contribution in [2.24, 2.45) is 0 Å². The molecule has 0 spiro atoms. The Morgan fingerprint density at radius 3 is 2.87 bits per heavy atom. The normalized spacial score (nSPS) is 9.47. The van der Waals surface area contributed by atoms with E-state index in [2.05, 4.69) is 20.7 Å². The first-order valence-corrected chi connectivity index (χ1v) is 4.95. The lowest BCUT2D eigenvalue weighted by molar-refractivity contribution is 0.0521. The monoisotopic (exact) mass is 271 g/mol. The van der Waals surface area contributed by atoms with Crippen LogP contribution < -0.4 is 0 Å². The average Bonchev–Trinajstić information content (AvgIpc) is 2.22. The minimum atomic E-state index is -0.771. The third-order valence-corrected chi connectivity index (χ3v) is 2.23. The summed E-state index contributed by atoms with van der Waals surface area (Å²) in [7, 11) is 0. The van der Waals surface area contributed by atoms with Gasteiger partial charge in [0.15, 0.2) is 5.82 Å². The molecule has 0 unspecified atom stereocenters. The van der Waals surface area contributed by atoms with E-state index in [9.17, 15) is 9.18 Å². The molecule has 0 saturated carbocycles. The van der Waals surface area contributed by atoms with Crippen LogP contribution in [0.3, 0.4) is 0 Å². The van der Waals surface area contributed by atoms with Gasteiger partial charge in [0.1, 0.15) is 0 Å². The van der Waals surface area contributed by atoms with E-state index in [1.54, 1.807) is 6.92 Å². The molecule has 5 heteroatoms.